The summed E-state index contributed by atoms with van der Waals surface area (Å²) in [6.45, 7) is 0. The van der Waals surface area contributed by atoms with Crippen molar-refractivity contribution in [3.05, 3.63) is 65.2 Å². The highest BCUT2D eigenvalue weighted by Gasteiger charge is 2.10. The maximum Gasteiger partial charge on any atom is 0.307 e. The third-order valence-electron chi connectivity index (χ3n) is 3.07. The van der Waals surface area contributed by atoms with Crippen LogP contribution in [-0.2, 0) is 24.1 Å². The number of aryl methyl sites for hydroxylation is 2. The van der Waals surface area contributed by atoms with Gasteiger partial charge in [-0.1, -0.05) is 48.5 Å². The number of carboxylic acid groups (broad SMARTS) is 1. The normalized spacial score (nSPS) is 10.3. The molecule has 0 spiro atoms. The first-order chi connectivity index (χ1) is 9.16. The van der Waals surface area contributed by atoms with Crippen LogP contribution < -0.4 is 0 Å². The van der Waals surface area contributed by atoms with Gasteiger partial charge in [-0.3, -0.25) is 4.79 Å². The fraction of sp³-hybridized carbons (Fsp3) is 0.188. The van der Waals surface area contributed by atoms with Crippen molar-refractivity contribution < 1.29 is 15.0 Å². The van der Waals surface area contributed by atoms with Crippen LogP contribution in [-0.4, -0.2) is 16.2 Å². The van der Waals surface area contributed by atoms with Crippen molar-refractivity contribution in [3.8, 4) is 5.75 Å². The maximum absolute atomic E-state index is 10.7. The highest BCUT2D eigenvalue weighted by atomic mass is 16.4. The van der Waals surface area contributed by atoms with Crippen LogP contribution in [0.1, 0.15) is 16.7 Å². The van der Waals surface area contributed by atoms with Gasteiger partial charge in [0.05, 0.1) is 6.42 Å². The monoisotopic (exact) mass is 256 g/mol. The molecule has 0 aliphatic carbocycles. The molecule has 0 saturated carbocycles. The minimum atomic E-state index is -0.935. The molecule has 3 nitrogen and oxygen atoms in total. The Morgan fingerprint density at radius 2 is 1.58 bits per heavy atom. The Labute approximate surface area is 112 Å². The molecule has 2 aromatic carbocycles. The van der Waals surface area contributed by atoms with Gasteiger partial charge in [-0.2, -0.15) is 0 Å². The van der Waals surface area contributed by atoms with Gasteiger partial charge in [0.25, 0.3) is 0 Å². The Morgan fingerprint density at radius 3 is 2.26 bits per heavy atom. The SMILES string of the molecule is O=C(O)Cc1cccc(CCc2ccccc2)c1O. The number of hydrogen-bond acceptors (Lipinski definition) is 2. The molecule has 0 aliphatic rings. The van der Waals surface area contributed by atoms with E-state index in [1.165, 1.54) is 5.56 Å². The number of aliphatic carboxylic acids is 1. The van der Waals surface area contributed by atoms with Gasteiger partial charge >= 0.3 is 5.97 Å². The van der Waals surface area contributed by atoms with Crippen molar-refractivity contribution in [2.24, 2.45) is 0 Å². The third kappa shape index (κ3) is 3.58. The molecule has 19 heavy (non-hydrogen) atoms. The lowest BCUT2D eigenvalue weighted by atomic mass is 10.00. The molecule has 0 amide bonds. The van der Waals surface area contributed by atoms with Gasteiger partial charge < -0.3 is 10.2 Å². The Hall–Kier alpha value is -2.29. The molecule has 2 aromatic rings. The summed E-state index contributed by atoms with van der Waals surface area (Å²) in [6, 6.07) is 15.3. The Morgan fingerprint density at radius 1 is 0.895 bits per heavy atom. The standard InChI is InChI=1S/C16H16O3/c17-15(18)11-14-8-4-7-13(16(14)19)10-9-12-5-2-1-3-6-12/h1-8,19H,9-11H2,(H,17,18). The number of phenolic OH excluding ortho intramolecular Hbond substituents is 1. The largest absolute Gasteiger partial charge is 0.507 e. The predicted molar refractivity (Wildman–Crippen MR) is 73.3 cm³/mol. The van der Waals surface area contributed by atoms with Crippen LogP contribution >= 0.6 is 0 Å². The molecule has 2 N–H and O–H groups in total. The minimum Gasteiger partial charge on any atom is -0.507 e. The van der Waals surface area contributed by atoms with Gasteiger partial charge in [-0.05, 0) is 24.0 Å². The van der Waals surface area contributed by atoms with Crippen molar-refractivity contribution in [1.29, 1.82) is 0 Å². The van der Waals surface area contributed by atoms with Crippen molar-refractivity contribution in [3.63, 3.8) is 0 Å². The van der Waals surface area contributed by atoms with Gasteiger partial charge in [0.15, 0.2) is 0 Å². The van der Waals surface area contributed by atoms with Crippen molar-refractivity contribution in [1.82, 2.24) is 0 Å². The average molecular weight is 256 g/mol. The zero-order valence-electron chi connectivity index (χ0n) is 10.5. The molecule has 3 heteroatoms. The average Bonchev–Trinajstić information content (AvgIpc) is 2.40. The van der Waals surface area contributed by atoms with Crippen LogP contribution in [0.2, 0.25) is 0 Å². The molecule has 0 radical (unpaired) electrons. The molecule has 98 valence electrons. The van der Waals surface area contributed by atoms with Gasteiger partial charge in [0.2, 0.25) is 0 Å². The first-order valence-electron chi connectivity index (χ1n) is 6.22. The van der Waals surface area contributed by atoms with E-state index in [1.54, 1.807) is 12.1 Å². The van der Waals surface area contributed by atoms with E-state index in [0.717, 1.165) is 12.0 Å². The number of aromatic hydroxyl groups is 1. The Balaban J connectivity index is 2.10. The van der Waals surface area contributed by atoms with E-state index in [4.69, 9.17) is 5.11 Å². The predicted octanol–water partition coefficient (Wildman–Crippen LogP) is 2.80. The molecule has 0 fully saturated rings. The maximum atomic E-state index is 10.7. The number of phenols is 1. The van der Waals surface area contributed by atoms with Crippen LogP contribution in [0.25, 0.3) is 0 Å². The summed E-state index contributed by atoms with van der Waals surface area (Å²) in [4.78, 5) is 10.7. The third-order valence-corrected chi connectivity index (χ3v) is 3.07. The summed E-state index contributed by atoms with van der Waals surface area (Å²) in [5.74, 6) is -0.823. The molecule has 0 heterocycles. The number of benzene rings is 2. The van der Waals surface area contributed by atoms with Crippen molar-refractivity contribution in [2.45, 2.75) is 19.3 Å². The molecule has 0 atom stereocenters. The quantitative estimate of drug-likeness (QED) is 0.864. The molecule has 0 saturated heterocycles. The summed E-state index contributed by atoms with van der Waals surface area (Å²) in [5.41, 5.74) is 2.46. The Kier molecular flexibility index (Phi) is 4.18. The molecule has 0 aromatic heterocycles. The summed E-state index contributed by atoms with van der Waals surface area (Å²) < 4.78 is 0. The van der Waals surface area contributed by atoms with Crippen LogP contribution in [0.15, 0.2) is 48.5 Å². The lowest BCUT2D eigenvalue weighted by molar-refractivity contribution is -0.136. The number of para-hydroxylation sites is 1. The second-order valence-electron chi connectivity index (χ2n) is 4.48. The lowest BCUT2D eigenvalue weighted by Gasteiger charge is -2.08. The topological polar surface area (TPSA) is 57.5 Å². The Bertz CT molecular complexity index is 561. The summed E-state index contributed by atoms with van der Waals surface area (Å²) >= 11 is 0. The number of carbonyl (C=O) groups is 1. The first-order valence-corrected chi connectivity index (χ1v) is 6.22. The van der Waals surface area contributed by atoms with Crippen molar-refractivity contribution >= 4 is 5.97 Å². The van der Waals surface area contributed by atoms with E-state index in [1.807, 2.05) is 36.4 Å². The van der Waals surface area contributed by atoms with E-state index in [9.17, 15) is 9.90 Å². The zero-order chi connectivity index (χ0) is 13.7. The fourth-order valence-electron chi connectivity index (χ4n) is 2.08. The molecule has 0 unspecified atom stereocenters. The van der Waals surface area contributed by atoms with E-state index in [2.05, 4.69) is 0 Å². The number of rotatable bonds is 5. The molecule has 0 bridgehead atoms. The van der Waals surface area contributed by atoms with E-state index in [0.29, 0.717) is 12.0 Å². The minimum absolute atomic E-state index is 0.112. The van der Waals surface area contributed by atoms with E-state index >= 15 is 0 Å². The lowest BCUT2D eigenvalue weighted by Crippen LogP contribution is -2.02. The summed E-state index contributed by atoms with van der Waals surface area (Å²) in [6.07, 6.45) is 1.37. The van der Waals surface area contributed by atoms with Gasteiger partial charge in [-0.25, -0.2) is 0 Å². The smallest absolute Gasteiger partial charge is 0.307 e. The number of hydrogen-bond donors (Lipinski definition) is 2. The van der Waals surface area contributed by atoms with E-state index < -0.39 is 5.97 Å². The van der Waals surface area contributed by atoms with Crippen LogP contribution in [0.4, 0.5) is 0 Å². The van der Waals surface area contributed by atoms with Crippen LogP contribution in [0.5, 0.6) is 5.75 Å². The molecular weight excluding hydrogens is 240 g/mol. The first kappa shape index (κ1) is 13.1. The molecule has 2 rings (SSSR count). The second-order valence-corrected chi connectivity index (χ2v) is 4.48. The summed E-state index contributed by atoms with van der Waals surface area (Å²) in [5, 5.41) is 18.8. The molecular formula is C16H16O3. The fourth-order valence-corrected chi connectivity index (χ4v) is 2.08. The second kappa shape index (κ2) is 6.05. The summed E-state index contributed by atoms with van der Waals surface area (Å²) in [7, 11) is 0. The van der Waals surface area contributed by atoms with Crippen molar-refractivity contribution in [2.75, 3.05) is 0 Å². The van der Waals surface area contributed by atoms with Crippen LogP contribution in [0, 0.1) is 0 Å². The van der Waals surface area contributed by atoms with Gasteiger partial charge in [0.1, 0.15) is 5.75 Å². The van der Waals surface area contributed by atoms with E-state index in [-0.39, 0.29) is 12.2 Å². The van der Waals surface area contributed by atoms with Gasteiger partial charge in [0, 0.05) is 5.56 Å². The zero-order valence-corrected chi connectivity index (χ0v) is 10.5. The highest BCUT2D eigenvalue weighted by Crippen LogP contribution is 2.24. The van der Waals surface area contributed by atoms with Gasteiger partial charge in [-0.15, -0.1) is 0 Å². The highest BCUT2D eigenvalue weighted by molar-refractivity contribution is 5.71. The van der Waals surface area contributed by atoms with Crippen LogP contribution in [0.3, 0.4) is 0 Å². The number of carboxylic acids is 1. The molecule has 0 aliphatic heterocycles.